The van der Waals surface area contributed by atoms with Crippen LogP contribution in [0.1, 0.15) is 35.4 Å². The molecule has 1 aliphatic carbocycles. The van der Waals surface area contributed by atoms with E-state index in [-0.39, 0.29) is 0 Å². The molecular formula is C11H13. The molecule has 1 aliphatic rings. The summed E-state index contributed by atoms with van der Waals surface area (Å²) in [6, 6.07) is 7.35. The molecule has 0 heteroatoms. The molecule has 1 aromatic rings. The average molecular weight is 145 g/mol. The summed E-state index contributed by atoms with van der Waals surface area (Å²) in [6.07, 6.45) is 2.79. The molecule has 0 atom stereocenters. The minimum atomic E-state index is 0.879. The summed E-state index contributed by atoms with van der Waals surface area (Å²) in [7, 11) is 0. The molecule has 0 spiro atoms. The third kappa shape index (κ3) is 1.18. The van der Waals surface area contributed by atoms with Gasteiger partial charge in [0.15, 0.2) is 0 Å². The molecule has 0 saturated heterocycles. The highest BCUT2D eigenvalue weighted by Crippen LogP contribution is 2.42. The van der Waals surface area contributed by atoms with Gasteiger partial charge in [0.1, 0.15) is 0 Å². The molecule has 0 unspecified atom stereocenters. The first-order valence-electron chi connectivity index (χ1n) is 4.26. The van der Waals surface area contributed by atoms with Crippen LogP contribution in [0.15, 0.2) is 12.1 Å². The molecule has 0 aliphatic heterocycles. The smallest absolute Gasteiger partial charge is 0.0156 e. The summed E-state index contributed by atoms with van der Waals surface area (Å²) < 4.78 is 0. The molecule has 1 aromatic carbocycles. The van der Waals surface area contributed by atoms with Gasteiger partial charge < -0.3 is 0 Å². The quantitative estimate of drug-likeness (QED) is 0.570. The van der Waals surface area contributed by atoms with Crippen LogP contribution >= 0.6 is 0 Å². The molecule has 1 radical (unpaired) electrons. The Balaban J connectivity index is 2.48. The third-order valence-corrected chi connectivity index (χ3v) is 2.43. The molecule has 2 rings (SSSR count). The van der Waals surface area contributed by atoms with Gasteiger partial charge in [-0.15, -0.1) is 0 Å². The molecule has 0 heterocycles. The molecule has 0 N–H and O–H groups in total. The zero-order valence-corrected chi connectivity index (χ0v) is 7.15. The fraction of sp³-hybridized carbons (Fsp3) is 0.455. The van der Waals surface area contributed by atoms with Gasteiger partial charge in [-0.1, -0.05) is 12.1 Å². The fourth-order valence-corrected chi connectivity index (χ4v) is 1.77. The monoisotopic (exact) mass is 145 g/mol. The lowest BCUT2D eigenvalue weighted by Crippen LogP contribution is -1.89. The number of rotatable bonds is 1. The third-order valence-electron chi connectivity index (χ3n) is 2.43. The highest BCUT2D eigenvalue weighted by atomic mass is 14.3. The molecule has 0 bridgehead atoms. The molecule has 0 amide bonds. The second-order valence-electron chi connectivity index (χ2n) is 3.51. The van der Waals surface area contributed by atoms with Crippen LogP contribution in [-0.2, 0) is 0 Å². The Morgan fingerprint density at radius 3 is 2.18 bits per heavy atom. The lowest BCUT2D eigenvalue weighted by atomic mass is 9.99. The number of aryl methyl sites for hydroxylation is 2. The van der Waals surface area contributed by atoms with Crippen molar-refractivity contribution in [2.24, 2.45) is 0 Å². The van der Waals surface area contributed by atoms with Crippen LogP contribution in [0.2, 0.25) is 0 Å². The van der Waals surface area contributed by atoms with Gasteiger partial charge in [0.25, 0.3) is 0 Å². The zero-order chi connectivity index (χ0) is 7.84. The van der Waals surface area contributed by atoms with E-state index >= 15 is 0 Å². The van der Waals surface area contributed by atoms with E-state index in [0.717, 1.165) is 5.92 Å². The molecule has 0 nitrogen and oxygen atoms in total. The van der Waals surface area contributed by atoms with Crippen molar-refractivity contribution < 1.29 is 0 Å². The topological polar surface area (TPSA) is 0 Å². The van der Waals surface area contributed by atoms with Gasteiger partial charge in [0, 0.05) is 0 Å². The normalized spacial score (nSPS) is 16.9. The molecule has 11 heavy (non-hydrogen) atoms. The van der Waals surface area contributed by atoms with E-state index in [4.69, 9.17) is 0 Å². The van der Waals surface area contributed by atoms with Gasteiger partial charge in [-0.05, 0) is 55.4 Å². The number of hydrogen-bond donors (Lipinski definition) is 0. The Bertz CT molecular complexity index is 249. The standard InChI is InChI=1S/C11H13/c1-8-4-3-5-9(2)11(8)10-6-7-10/h4-5,10H,6-7H2,1-2H3. The van der Waals surface area contributed by atoms with Crippen molar-refractivity contribution in [3.8, 4) is 0 Å². The summed E-state index contributed by atoms with van der Waals surface area (Å²) in [5.74, 6) is 0.879. The molecule has 0 aromatic heterocycles. The van der Waals surface area contributed by atoms with Gasteiger partial charge in [-0.2, -0.15) is 0 Å². The molecular weight excluding hydrogens is 132 g/mol. The minimum absolute atomic E-state index is 0.879. The first-order chi connectivity index (χ1) is 5.29. The van der Waals surface area contributed by atoms with E-state index in [0.29, 0.717) is 0 Å². The first-order valence-corrected chi connectivity index (χ1v) is 4.26. The van der Waals surface area contributed by atoms with Gasteiger partial charge >= 0.3 is 0 Å². The van der Waals surface area contributed by atoms with Crippen molar-refractivity contribution in [2.75, 3.05) is 0 Å². The molecule has 1 fully saturated rings. The van der Waals surface area contributed by atoms with Crippen molar-refractivity contribution in [1.29, 1.82) is 0 Å². The highest BCUT2D eigenvalue weighted by Gasteiger charge is 2.25. The van der Waals surface area contributed by atoms with Gasteiger partial charge in [0.05, 0.1) is 0 Å². The van der Waals surface area contributed by atoms with Crippen LogP contribution in [-0.4, -0.2) is 0 Å². The SMILES string of the molecule is Cc1c[c]cc(C)c1C1CC1. The average Bonchev–Trinajstić information content (AvgIpc) is 2.70. The lowest BCUT2D eigenvalue weighted by molar-refractivity contribution is 1.07. The Morgan fingerprint density at radius 2 is 1.73 bits per heavy atom. The summed E-state index contributed by atoms with van der Waals surface area (Å²) in [5, 5.41) is 0. The lowest BCUT2D eigenvalue weighted by Gasteiger charge is -2.06. The van der Waals surface area contributed by atoms with Gasteiger partial charge in [0.2, 0.25) is 0 Å². The van der Waals surface area contributed by atoms with Crippen molar-refractivity contribution in [2.45, 2.75) is 32.6 Å². The number of benzene rings is 1. The van der Waals surface area contributed by atoms with Gasteiger partial charge in [-0.3, -0.25) is 0 Å². The Morgan fingerprint density at radius 1 is 1.18 bits per heavy atom. The Hall–Kier alpha value is -0.780. The Kier molecular flexibility index (Phi) is 1.49. The fourth-order valence-electron chi connectivity index (χ4n) is 1.77. The largest absolute Gasteiger partial charge is 0.0511 e. The van der Waals surface area contributed by atoms with Crippen LogP contribution in [0.5, 0.6) is 0 Å². The van der Waals surface area contributed by atoms with Crippen LogP contribution < -0.4 is 0 Å². The summed E-state index contributed by atoms with van der Waals surface area (Å²) in [4.78, 5) is 0. The van der Waals surface area contributed by atoms with Crippen LogP contribution in [0.4, 0.5) is 0 Å². The van der Waals surface area contributed by atoms with Crippen molar-refractivity contribution in [3.63, 3.8) is 0 Å². The van der Waals surface area contributed by atoms with Crippen LogP contribution in [0.25, 0.3) is 0 Å². The van der Waals surface area contributed by atoms with Crippen molar-refractivity contribution in [1.82, 2.24) is 0 Å². The summed E-state index contributed by atoms with van der Waals surface area (Å²) in [6.45, 7) is 4.38. The maximum atomic E-state index is 3.15. The van der Waals surface area contributed by atoms with Crippen LogP contribution in [0.3, 0.4) is 0 Å². The minimum Gasteiger partial charge on any atom is -0.0511 e. The predicted octanol–water partition coefficient (Wildman–Crippen LogP) is 2.98. The molecule has 1 saturated carbocycles. The maximum absolute atomic E-state index is 3.15. The predicted molar refractivity (Wildman–Crippen MR) is 46.7 cm³/mol. The summed E-state index contributed by atoms with van der Waals surface area (Å²) >= 11 is 0. The second-order valence-corrected chi connectivity index (χ2v) is 3.51. The molecule has 57 valence electrons. The van der Waals surface area contributed by atoms with E-state index in [1.54, 1.807) is 5.56 Å². The highest BCUT2D eigenvalue weighted by molar-refractivity contribution is 5.38. The Labute approximate surface area is 68.3 Å². The zero-order valence-electron chi connectivity index (χ0n) is 7.15. The van der Waals surface area contributed by atoms with Gasteiger partial charge in [-0.25, -0.2) is 0 Å². The van der Waals surface area contributed by atoms with E-state index in [9.17, 15) is 0 Å². The van der Waals surface area contributed by atoms with Crippen molar-refractivity contribution >= 4 is 0 Å². The van der Waals surface area contributed by atoms with E-state index in [1.165, 1.54) is 24.0 Å². The van der Waals surface area contributed by atoms with Crippen LogP contribution in [0, 0.1) is 19.9 Å². The first kappa shape index (κ1) is 6.90. The maximum Gasteiger partial charge on any atom is -0.0156 e. The van der Waals surface area contributed by atoms with E-state index in [1.807, 2.05) is 0 Å². The summed E-state index contributed by atoms with van der Waals surface area (Å²) in [5.41, 5.74) is 4.43. The van der Waals surface area contributed by atoms with Crippen molar-refractivity contribution in [3.05, 3.63) is 34.9 Å². The number of hydrogen-bond acceptors (Lipinski definition) is 0. The van der Waals surface area contributed by atoms with E-state index in [2.05, 4.69) is 32.0 Å². The van der Waals surface area contributed by atoms with E-state index < -0.39 is 0 Å². The second kappa shape index (κ2) is 2.37.